The summed E-state index contributed by atoms with van der Waals surface area (Å²) in [6.07, 6.45) is 0. The third-order valence-corrected chi connectivity index (χ3v) is 12.6. The van der Waals surface area contributed by atoms with Crippen LogP contribution < -0.4 is 0 Å². The zero-order valence-corrected chi connectivity index (χ0v) is 16.7. The van der Waals surface area contributed by atoms with E-state index in [2.05, 4.69) is 13.2 Å². The molecule has 17 heavy (non-hydrogen) atoms. The molecule has 0 aromatic carbocycles. The van der Waals surface area contributed by atoms with Crippen molar-refractivity contribution in [1.82, 2.24) is 0 Å². The number of rotatable bonds is 8. The maximum atomic E-state index is 5.90. The normalized spacial score (nSPS) is 13.5. The van der Waals surface area contributed by atoms with Gasteiger partial charge in [-0.25, -0.2) is 0 Å². The van der Waals surface area contributed by atoms with Crippen molar-refractivity contribution in [2.75, 3.05) is 0 Å². The maximum absolute atomic E-state index is 5.90. The van der Waals surface area contributed by atoms with Crippen molar-refractivity contribution in [2.45, 2.75) is 24.2 Å². The Morgan fingerprint density at radius 2 is 0.941 bits per heavy atom. The van der Waals surface area contributed by atoms with Crippen LogP contribution in [0, 0.1) is 0 Å². The molecule has 0 fully saturated rings. The lowest BCUT2D eigenvalue weighted by molar-refractivity contribution is 1.27. The third-order valence-electron chi connectivity index (χ3n) is 2.56. The molecule has 0 aromatic heterocycles. The van der Waals surface area contributed by atoms with Crippen LogP contribution >= 0.6 is 66.5 Å². The van der Waals surface area contributed by atoms with E-state index < -0.39 is 20.1 Å². The predicted molar refractivity (Wildman–Crippen MR) is 92.0 cm³/mol. The van der Waals surface area contributed by atoms with Gasteiger partial charge in [0.1, 0.15) is 8.07 Å². The molecule has 0 amide bonds. The zero-order valence-electron chi connectivity index (χ0n) is 9.17. The molecule has 0 spiro atoms. The molecule has 0 heterocycles. The van der Waals surface area contributed by atoms with Crippen molar-refractivity contribution < 1.29 is 0 Å². The molecule has 0 unspecified atom stereocenters. The Kier molecular flexibility index (Phi) is 8.44. The minimum absolute atomic E-state index is 0.601. The number of halogens is 6. The van der Waals surface area contributed by atoms with Crippen molar-refractivity contribution in [2.24, 2.45) is 0 Å². The van der Waals surface area contributed by atoms with E-state index in [1.165, 1.54) is 0 Å². The average Bonchev–Trinajstić information content (AvgIpc) is 2.16. The first-order valence-electron chi connectivity index (χ1n) is 4.94. The van der Waals surface area contributed by atoms with E-state index in [1.807, 2.05) is 11.4 Å². The minimum atomic E-state index is -2.61. The second kappa shape index (κ2) is 7.60. The minimum Gasteiger partial charge on any atom is -0.126 e. The lowest BCUT2D eigenvalue weighted by Crippen LogP contribution is -2.33. The van der Waals surface area contributed by atoms with Gasteiger partial charge in [-0.15, -0.1) is 79.6 Å². The molecule has 0 aliphatic rings. The van der Waals surface area contributed by atoms with Gasteiger partial charge >= 0.3 is 12.0 Å². The van der Waals surface area contributed by atoms with Crippen molar-refractivity contribution in [3.05, 3.63) is 24.6 Å². The molecule has 0 nitrogen and oxygen atoms in total. The highest BCUT2D eigenvalue weighted by molar-refractivity contribution is 7.65. The average molecular weight is 407 g/mol. The summed E-state index contributed by atoms with van der Waals surface area (Å²) in [5.41, 5.74) is 3.88. The molecule has 9 heteroatoms. The number of hydrogen-bond acceptors (Lipinski definition) is 0. The Labute approximate surface area is 134 Å². The molecular weight excluding hydrogens is 393 g/mol. The summed E-state index contributed by atoms with van der Waals surface area (Å²) >= 11 is 35.4. The van der Waals surface area contributed by atoms with Gasteiger partial charge in [-0.2, -0.15) is 0 Å². The van der Waals surface area contributed by atoms with E-state index in [1.54, 1.807) is 0 Å². The van der Waals surface area contributed by atoms with Crippen LogP contribution in [0.1, 0.15) is 0 Å². The highest BCUT2D eigenvalue weighted by atomic mass is 35.8. The largest absolute Gasteiger partial charge is 0.341 e. The van der Waals surface area contributed by atoms with Crippen LogP contribution in [0.3, 0.4) is 0 Å². The van der Waals surface area contributed by atoms with Gasteiger partial charge in [0.2, 0.25) is 0 Å². The van der Waals surface area contributed by atoms with Crippen LogP contribution in [-0.2, 0) is 0 Å². The van der Waals surface area contributed by atoms with E-state index >= 15 is 0 Å². The van der Waals surface area contributed by atoms with Gasteiger partial charge in [0.05, 0.1) is 0 Å². The Morgan fingerprint density at radius 3 is 1.12 bits per heavy atom. The summed E-state index contributed by atoms with van der Waals surface area (Å²) in [5, 5.41) is 0. The summed E-state index contributed by atoms with van der Waals surface area (Å²) < 4.78 is 0. The molecule has 0 aromatic rings. The van der Waals surface area contributed by atoms with E-state index in [4.69, 9.17) is 66.5 Å². The van der Waals surface area contributed by atoms with Gasteiger partial charge in [-0.3, -0.25) is 0 Å². The van der Waals surface area contributed by atoms with Crippen LogP contribution in [0.25, 0.3) is 0 Å². The van der Waals surface area contributed by atoms with E-state index in [0.29, 0.717) is 12.1 Å². The van der Waals surface area contributed by atoms with Crippen LogP contribution in [-0.4, -0.2) is 20.1 Å². The third kappa shape index (κ3) is 9.41. The lowest BCUT2D eigenvalue weighted by Gasteiger charge is -2.26. The van der Waals surface area contributed by atoms with Gasteiger partial charge in [-0.1, -0.05) is 11.4 Å². The molecule has 0 saturated heterocycles. The van der Waals surface area contributed by atoms with E-state index in [-0.39, 0.29) is 0 Å². The van der Waals surface area contributed by atoms with Crippen LogP contribution in [0.2, 0.25) is 24.2 Å². The van der Waals surface area contributed by atoms with Crippen LogP contribution in [0.5, 0.6) is 0 Å². The van der Waals surface area contributed by atoms with Gasteiger partial charge in [0, 0.05) is 0 Å². The van der Waals surface area contributed by atoms with E-state index in [0.717, 1.165) is 12.1 Å². The highest BCUT2D eigenvalue weighted by Crippen LogP contribution is 2.36. The molecule has 100 valence electrons. The first-order chi connectivity index (χ1) is 7.54. The summed E-state index contributed by atoms with van der Waals surface area (Å²) in [4.78, 5) is 0. The molecule has 0 N–H and O–H groups in total. The van der Waals surface area contributed by atoms with Crippen LogP contribution in [0.15, 0.2) is 24.6 Å². The predicted octanol–water partition coefficient (Wildman–Crippen LogP) is 6.20. The van der Waals surface area contributed by atoms with Crippen molar-refractivity contribution in [3.63, 3.8) is 0 Å². The highest BCUT2D eigenvalue weighted by Gasteiger charge is 2.35. The molecule has 0 atom stereocenters. The fourth-order valence-corrected chi connectivity index (χ4v) is 13.7. The molecule has 0 aliphatic heterocycles. The van der Waals surface area contributed by atoms with Gasteiger partial charge < -0.3 is 0 Å². The second-order valence-electron chi connectivity index (χ2n) is 3.87. The fraction of sp³-hybridized carbons (Fsp3) is 0.500. The molecular formula is C8H14Cl6Si3. The van der Waals surface area contributed by atoms with Crippen molar-refractivity contribution in [1.29, 1.82) is 0 Å². The Hall–Kier alpha value is 1.87. The molecule has 0 radical (unpaired) electrons. The summed E-state index contributed by atoms with van der Waals surface area (Å²) in [6, 6.07) is -2.38. The quantitative estimate of drug-likeness (QED) is 0.332. The van der Waals surface area contributed by atoms with Gasteiger partial charge in [0.25, 0.3) is 0 Å². The van der Waals surface area contributed by atoms with Crippen LogP contribution in [0.4, 0.5) is 0 Å². The molecule has 0 bridgehead atoms. The fourth-order valence-electron chi connectivity index (χ4n) is 1.37. The Morgan fingerprint density at radius 1 is 0.647 bits per heavy atom. The summed E-state index contributed by atoms with van der Waals surface area (Å²) in [7, 11) is -1.87. The smallest absolute Gasteiger partial charge is 0.126 e. The zero-order chi connectivity index (χ0) is 13.7. The standard InChI is InChI=1S/C8H14Cl6Si3/c1-3-15(4-2,5-7-16(9,10)11)6-8-17(12,13)14/h3-4H,1-2,5-8H2. The Bertz CT molecular complexity index is 241. The topological polar surface area (TPSA) is 0 Å². The molecule has 0 rings (SSSR count). The lowest BCUT2D eigenvalue weighted by atomic mass is 10.9. The SMILES string of the molecule is C=C[Si](C=C)(CC[Si](Cl)(Cl)Cl)CC[Si](Cl)(Cl)Cl. The first-order valence-corrected chi connectivity index (χ1v) is 18.0. The Balaban J connectivity index is 4.57. The number of hydrogen-bond donors (Lipinski definition) is 0. The van der Waals surface area contributed by atoms with Gasteiger partial charge in [-0.05, 0) is 24.2 Å². The van der Waals surface area contributed by atoms with Crippen molar-refractivity contribution in [3.8, 4) is 0 Å². The summed E-state index contributed by atoms with van der Waals surface area (Å²) in [5.74, 6) is 0. The van der Waals surface area contributed by atoms with Gasteiger partial charge in [0.15, 0.2) is 0 Å². The molecule has 0 aliphatic carbocycles. The summed E-state index contributed by atoms with van der Waals surface area (Å²) in [6.45, 7) is 7.74. The second-order valence-corrected chi connectivity index (χ2v) is 26.7. The van der Waals surface area contributed by atoms with Crippen molar-refractivity contribution >= 4 is 86.6 Å². The monoisotopic (exact) mass is 404 g/mol. The maximum Gasteiger partial charge on any atom is 0.341 e. The first kappa shape index (κ1) is 18.9. The van der Waals surface area contributed by atoms with E-state index in [9.17, 15) is 0 Å². The molecule has 0 saturated carbocycles.